The van der Waals surface area contributed by atoms with E-state index in [2.05, 4.69) is 27.5 Å². The van der Waals surface area contributed by atoms with Crippen LogP contribution < -0.4 is 5.73 Å². The van der Waals surface area contributed by atoms with Crippen LogP contribution in [0.4, 0.5) is 5.82 Å². The van der Waals surface area contributed by atoms with Crippen molar-refractivity contribution in [2.45, 2.75) is 38.6 Å². The van der Waals surface area contributed by atoms with Crippen LogP contribution in [0.3, 0.4) is 0 Å². The normalized spacial score (nSPS) is 17.3. The zero-order valence-electron chi connectivity index (χ0n) is 19.6. The van der Waals surface area contributed by atoms with Gasteiger partial charge in [-0.3, -0.25) is 0 Å². The fraction of sp³-hybridized carbons (Fsp3) is 0.565. The van der Waals surface area contributed by atoms with Gasteiger partial charge in [-0.1, -0.05) is 25.1 Å². The molecule has 180 valence electrons. The van der Waals surface area contributed by atoms with Crippen molar-refractivity contribution >= 4 is 38.0 Å². The van der Waals surface area contributed by atoms with Gasteiger partial charge in [-0.15, -0.1) is 0 Å². The van der Waals surface area contributed by atoms with Gasteiger partial charge in [0, 0.05) is 39.2 Å². The number of hydrogen-bond acceptors (Lipinski definition) is 6. The van der Waals surface area contributed by atoms with E-state index in [-0.39, 0.29) is 6.04 Å². The lowest BCUT2D eigenvalue weighted by molar-refractivity contribution is 0.0845. The molecule has 10 heteroatoms. The summed E-state index contributed by atoms with van der Waals surface area (Å²) in [4.78, 5) is 9.03. The lowest BCUT2D eigenvalue weighted by Gasteiger charge is -2.32. The van der Waals surface area contributed by atoms with Crippen LogP contribution in [-0.2, 0) is 14.9 Å². The molecule has 0 radical (unpaired) electrons. The van der Waals surface area contributed by atoms with Gasteiger partial charge in [0.1, 0.15) is 5.52 Å². The topological polar surface area (TPSA) is 107 Å². The van der Waals surface area contributed by atoms with Crippen molar-refractivity contribution in [1.82, 2.24) is 23.1 Å². The van der Waals surface area contributed by atoms with E-state index in [4.69, 9.17) is 10.5 Å². The molecule has 0 aliphatic carbocycles. The summed E-state index contributed by atoms with van der Waals surface area (Å²) < 4.78 is 35.7. The first-order valence-electron chi connectivity index (χ1n) is 11.6. The number of nitrogens with two attached hydrogens (primary N) is 1. The third-order valence-corrected chi connectivity index (χ3v) is 8.58. The Labute approximate surface area is 195 Å². The predicted octanol–water partition coefficient (Wildman–Crippen LogP) is 3.04. The number of nitrogens with zero attached hydrogens (tertiary/aromatic N) is 5. The highest BCUT2D eigenvalue weighted by atomic mass is 32.2. The van der Waals surface area contributed by atoms with E-state index in [9.17, 15) is 8.42 Å². The summed E-state index contributed by atoms with van der Waals surface area (Å²) in [6, 6.07) is 8.13. The number of nitrogen functional groups attached to an aromatic ring is 1. The Hall–Kier alpha value is -2.27. The first-order chi connectivity index (χ1) is 15.8. The van der Waals surface area contributed by atoms with Crippen molar-refractivity contribution in [3.63, 3.8) is 0 Å². The third-order valence-electron chi connectivity index (χ3n) is 6.64. The molecule has 1 atom stereocenters. The van der Waals surface area contributed by atoms with Gasteiger partial charge in [0.25, 0.3) is 10.2 Å². The molecule has 3 heterocycles. The number of benzene rings is 1. The lowest BCUT2D eigenvalue weighted by Crippen LogP contribution is -2.44. The summed E-state index contributed by atoms with van der Waals surface area (Å²) in [5.41, 5.74) is 8.77. The molecule has 33 heavy (non-hydrogen) atoms. The largest absolute Gasteiger partial charge is 0.382 e. The van der Waals surface area contributed by atoms with Crippen LogP contribution in [0.1, 0.15) is 38.6 Å². The van der Waals surface area contributed by atoms with Crippen LogP contribution >= 0.6 is 0 Å². The van der Waals surface area contributed by atoms with E-state index in [0.29, 0.717) is 38.0 Å². The van der Waals surface area contributed by atoms with Crippen LogP contribution in [-0.4, -0.2) is 72.0 Å². The Morgan fingerprint density at radius 2 is 1.97 bits per heavy atom. The Morgan fingerprint density at radius 1 is 1.24 bits per heavy atom. The maximum Gasteiger partial charge on any atom is 0.281 e. The number of fused-ring (bicyclic) bond motifs is 3. The molecular formula is C23H34N6O3S. The molecular weight excluding hydrogens is 440 g/mol. The van der Waals surface area contributed by atoms with Gasteiger partial charge in [0.2, 0.25) is 0 Å². The molecule has 4 rings (SSSR count). The van der Waals surface area contributed by atoms with E-state index < -0.39 is 10.2 Å². The number of piperidine rings is 1. The number of hydrogen-bond donors (Lipinski definition) is 1. The number of imidazole rings is 1. The van der Waals surface area contributed by atoms with E-state index in [0.717, 1.165) is 47.6 Å². The highest BCUT2D eigenvalue weighted by molar-refractivity contribution is 7.86. The summed E-state index contributed by atoms with van der Waals surface area (Å²) in [6.07, 6.45) is 5.43. The summed E-state index contributed by atoms with van der Waals surface area (Å²) in [6.45, 7) is 4.55. The van der Waals surface area contributed by atoms with E-state index in [1.165, 1.54) is 4.31 Å². The number of para-hydroxylation sites is 1. The average molecular weight is 475 g/mol. The number of anilines is 1. The van der Waals surface area contributed by atoms with Gasteiger partial charge in [-0.05, 0) is 37.7 Å². The van der Waals surface area contributed by atoms with Crippen LogP contribution in [0.5, 0.6) is 0 Å². The van der Waals surface area contributed by atoms with Crippen LogP contribution in [0.25, 0.3) is 21.9 Å². The molecule has 9 nitrogen and oxygen atoms in total. The fourth-order valence-electron chi connectivity index (χ4n) is 4.57. The maximum atomic E-state index is 12.3. The Morgan fingerprint density at radius 3 is 2.67 bits per heavy atom. The maximum absolute atomic E-state index is 12.3. The Balaban J connectivity index is 1.35. The number of ether oxygens (including phenoxy) is 1. The fourth-order valence-corrected chi connectivity index (χ4v) is 5.70. The molecule has 1 aliphatic heterocycles. The summed E-state index contributed by atoms with van der Waals surface area (Å²) in [7, 11) is -0.152. The third kappa shape index (κ3) is 4.84. The molecule has 1 aromatic carbocycles. The van der Waals surface area contributed by atoms with Crippen LogP contribution in [0, 0.1) is 5.92 Å². The smallest absolute Gasteiger partial charge is 0.281 e. The molecule has 0 amide bonds. The van der Waals surface area contributed by atoms with Crippen molar-refractivity contribution in [2.24, 2.45) is 5.92 Å². The first-order valence-corrected chi connectivity index (χ1v) is 13.0. The number of pyridine rings is 1. The average Bonchev–Trinajstić information content (AvgIpc) is 3.25. The minimum absolute atomic E-state index is 0.146. The highest BCUT2D eigenvalue weighted by Crippen LogP contribution is 2.30. The summed E-state index contributed by atoms with van der Waals surface area (Å²) in [5.74, 6) is 0.934. The molecule has 1 aliphatic rings. The van der Waals surface area contributed by atoms with Crippen LogP contribution in [0.15, 0.2) is 30.6 Å². The van der Waals surface area contributed by atoms with Gasteiger partial charge in [-0.2, -0.15) is 17.0 Å². The molecule has 3 aromatic rings. The van der Waals surface area contributed by atoms with Gasteiger partial charge in [0.15, 0.2) is 5.82 Å². The van der Waals surface area contributed by atoms with Gasteiger partial charge < -0.3 is 15.0 Å². The van der Waals surface area contributed by atoms with Crippen LogP contribution in [0.2, 0.25) is 0 Å². The van der Waals surface area contributed by atoms with Crippen molar-refractivity contribution < 1.29 is 13.2 Å². The summed E-state index contributed by atoms with van der Waals surface area (Å²) in [5, 5.41) is 1.04. The van der Waals surface area contributed by atoms with E-state index in [1.54, 1.807) is 18.4 Å². The molecule has 0 bridgehead atoms. The van der Waals surface area contributed by atoms with Gasteiger partial charge in [-0.25, -0.2) is 9.97 Å². The molecule has 2 aromatic heterocycles. The second kappa shape index (κ2) is 9.92. The minimum atomic E-state index is -3.31. The highest BCUT2D eigenvalue weighted by Gasteiger charge is 2.29. The molecule has 2 N–H and O–H groups in total. The minimum Gasteiger partial charge on any atom is -0.382 e. The van der Waals surface area contributed by atoms with Gasteiger partial charge in [0.05, 0.1) is 30.0 Å². The molecule has 1 fully saturated rings. The number of aromatic nitrogens is 3. The van der Waals surface area contributed by atoms with Crippen molar-refractivity contribution in [2.75, 3.05) is 46.1 Å². The molecule has 1 unspecified atom stereocenters. The zero-order valence-corrected chi connectivity index (χ0v) is 20.5. The SMILES string of the molecule is CCC(COCCC1CCN(S(=O)(=O)N(C)C)CC1)n1cnc2c(N)nc3ccccc3c21. The summed E-state index contributed by atoms with van der Waals surface area (Å²) >= 11 is 0. The first kappa shape index (κ1) is 23.9. The molecule has 1 saturated heterocycles. The predicted molar refractivity (Wildman–Crippen MR) is 131 cm³/mol. The zero-order chi connectivity index (χ0) is 23.6. The molecule has 0 spiro atoms. The molecule has 0 saturated carbocycles. The second-order valence-electron chi connectivity index (χ2n) is 8.92. The van der Waals surface area contributed by atoms with Crippen molar-refractivity contribution in [1.29, 1.82) is 0 Å². The van der Waals surface area contributed by atoms with E-state index >= 15 is 0 Å². The monoisotopic (exact) mass is 474 g/mol. The quantitative estimate of drug-likeness (QED) is 0.478. The van der Waals surface area contributed by atoms with E-state index in [1.807, 2.05) is 24.5 Å². The van der Waals surface area contributed by atoms with Crippen molar-refractivity contribution in [3.8, 4) is 0 Å². The van der Waals surface area contributed by atoms with Gasteiger partial charge >= 0.3 is 0 Å². The Kier molecular flexibility index (Phi) is 7.18. The Bertz CT molecular complexity index is 1200. The second-order valence-corrected chi connectivity index (χ2v) is 11.1. The number of rotatable bonds is 9. The lowest BCUT2D eigenvalue weighted by atomic mass is 9.95. The standard InChI is InChI=1S/C23H34N6O3S/c1-4-18(15-32-14-11-17-9-12-28(13-10-17)33(30,31)27(2)3)29-16-25-21-22(29)19-7-5-6-8-20(19)26-23(21)24/h5-8,16-18H,4,9-15H2,1-3H3,(H2,24,26). The van der Waals surface area contributed by atoms with Crippen molar-refractivity contribution in [3.05, 3.63) is 30.6 Å².